The molecule has 0 aromatic heterocycles. The average Bonchev–Trinajstić information content (AvgIpc) is 3.08. The van der Waals surface area contributed by atoms with Gasteiger partial charge in [0.05, 0.1) is 6.10 Å². The smallest absolute Gasteiger partial charge is 0.285 e. The molecule has 0 saturated heterocycles. The van der Waals surface area contributed by atoms with Crippen LogP contribution in [0.3, 0.4) is 0 Å². The first-order valence-electron chi connectivity index (χ1n) is 11.6. The molecule has 4 rings (SSSR count). The minimum atomic E-state index is -3.69. The highest BCUT2D eigenvalue weighted by Gasteiger charge is 2.28. The van der Waals surface area contributed by atoms with E-state index in [2.05, 4.69) is 27.2 Å². The molecule has 0 bridgehead atoms. The molecule has 1 aliphatic rings. The van der Waals surface area contributed by atoms with Crippen molar-refractivity contribution < 1.29 is 17.9 Å². The number of carbonyl (C=O) groups excluding carboxylic acids is 1. The largest absolute Gasteiger partial charge is 0.491 e. The van der Waals surface area contributed by atoms with E-state index in [1.165, 1.54) is 11.6 Å². The molecule has 8 heteroatoms. The second kappa shape index (κ2) is 10.3. The number of amides is 1. The molecule has 182 valence electrons. The van der Waals surface area contributed by atoms with Gasteiger partial charge in [0, 0.05) is 22.9 Å². The number of rotatable bonds is 8. The molecular formula is C27H29N3O4S. The van der Waals surface area contributed by atoms with Crippen LogP contribution in [0.15, 0.2) is 82.1 Å². The van der Waals surface area contributed by atoms with Crippen LogP contribution in [0.4, 0.5) is 5.69 Å². The van der Waals surface area contributed by atoms with Gasteiger partial charge in [0.2, 0.25) is 0 Å². The van der Waals surface area contributed by atoms with Crippen molar-refractivity contribution in [1.29, 1.82) is 0 Å². The SMILES string of the molecule is CC(CCc1ccc(OC(C)C)cc1)NC(=O)c1ccc(NC2=NS(=O)(=O)c3ccccc32)cc1. The van der Waals surface area contributed by atoms with Crippen molar-refractivity contribution in [3.05, 3.63) is 89.5 Å². The van der Waals surface area contributed by atoms with E-state index in [0.717, 1.165) is 18.6 Å². The maximum Gasteiger partial charge on any atom is 0.285 e. The summed E-state index contributed by atoms with van der Waals surface area (Å²) in [6, 6.07) is 21.6. The highest BCUT2D eigenvalue weighted by atomic mass is 32.2. The summed E-state index contributed by atoms with van der Waals surface area (Å²) in [7, 11) is -3.69. The van der Waals surface area contributed by atoms with E-state index in [1.807, 2.05) is 32.9 Å². The minimum Gasteiger partial charge on any atom is -0.491 e. The van der Waals surface area contributed by atoms with Gasteiger partial charge in [-0.05, 0) is 87.7 Å². The van der Waals surface area contributed by atoms with Gasteiger partial charge in [-0.1, -0.05) is 24.3 Å². The number of hydrogen-bond acceptors (Lipinski definition) is 5. The number of ether oxygens (including phenoxy) is 1. The topological polar surface area (TPSA) is 96.9 Å². The van der Waals surface area contributed by atoms with Crippen LogP contribution in [0.25, 0.3) is 0 Å². The predicted molar refractivity (Wildman–Crippen MR) is 138 cm³/mol. The molecule has 0 aliphatic carbocycles. The molecule has 0 radical (unpaired) electrons. The number of amidine groups is 1. The van der Waals surface area contributed by atoms with E-state index in [4.69, 9.17) is 4.74 Å². The summed E-state index contributed by atoms with van der Waals surface area (Å²) in [5.41, 5.74) is 2.89. The molecule has 1 atom stereocenters. The maximum atomic E-state index is 12.7. The van der Waals surface area contributed by atoms with Crippen LogP contribution in [0.1, 0.15) is 48.7 Å². The Hall–Kier alpha value is -3.65. The van der Waals surface area contributed by atoms with Gasteiger partial charge in [0.15, 0.2) is 5.84 Å². The van der Waals surface area contributed by atoms with Crippen LogP contribution in [0.2, 0.25) is 0 Å². The first-order valence-corrected chi connectivity index (χ1v) is 13.0. The van der Waals surface area contributed by atoms with Crippen molar-refractivity contribution in [2.24, 2.45) is 4.40 Å². The van der Waals surface area contributed by atoms with Crippen molar-refractivity contribution in [3.63, 3.8) is 0 Å². The summed E-state index contributed by atoms with van der Waals surface area (Å²) in [4.78, 5) is 12.9. The molecule has 1 amide bonds. The normalized spacial score (nSPS) is 14.7. The van der Waals surface area contributed by atoms with E-state index in [9.17, 15) is 13.2 Å². The third-order valence-corrected chi connectivity index (χ3v) is 6.91. The van der Waals surface area contributed by atoms with E-state index < -0.39 is 10.0 Å². The second-order valence-corrected chi connectivity index (χ2v) is 10.4. The Morgan fingerprint density at radius 2 is 1.63 bits per heavy atom. The number of hydrogen-bond donors (Lipinski definition) is 2. The molecular weight excluding hydrogens is 462 g/mol. The van der Waals surface area contributed by atoms with Gasteiger partial charge in [-0.3, -0.25) is 4.79 Å². The van der Waals surface area contributed by atoms with Crippen LogP contribution in [-0.4, -0.2) is 32.3 Å². The molecule has 3 aromatic rings. The number of fused-ring (bicyclic) bond motifs is 1. The average molecular weight is 492 g/mol. The lowest BCUT2D eigenvalue weighted by molar-refractivity contribution is 0.0938. The summed E-state index contributed by atoms with van der Waals surface area (Å²) >= 11 is 0. The molecule has 7 nitrogen and oxygen atoms in total. The number of anilines is 1. The second-order valence-electron chi connectivity index (χ2n) is 8.84. The summed E-state index contributed by atoms with van der Waals surface area (Å²) in [5.74, 6) is 0.972. The van der Waals surface area contributed by atoms with E-state index in [0.29, 0.717) is 16.8 Å². The van der Waals surface area contributed by atoms with E-state index in [-0.39, 0.29) is 28.8 Å². The summed E-state index contributed by atoms with van der Waals surface area (Å²) in [6.45, 7) is 5.98. The first kappa shape index (κ1) is 24.5. The van der Waals surface area contributed by atoms with Gasteiger partial charge >= 0.3 is 0 Å². The number of carbonyl (C=O) groups is 1. The van der Waals surface area contributed by atoms with Crippen molar-refractivity contribution in [3.8, 4) is 5.75 Å². The Labute approximate surface area is 206 Å². The van der Waals surface area contributed by atoms with E-state index >= 15 is 0 Å². The zero-order chi connectivity index (χ0) is 25.0. The molecule has 2 N–H and O–H groups in total. The Morgan fingerprint density at radius 1 is 0.943 bits per heavy atom. The van der Waals surface area contributed by atoms with Gasteiger partial charge in [0.1, 0.15) is 10.6 Å². The van der Waals surface area contributed by atoms with Crippen molar-refractivity contribution in [2.75, 3.05) is 5.32 Å². The van der Waals surface area contributed by atoms with Gasteiger partial charge in [0.25, 0.3) is 15.9 Å². The molecule has 0 spiro atoms. The Morgan fingerprint density at radius 3 is 2.31 bits per heavy atom. The van der Waals surface area contributed by atoms with Gasteiger partial charge in [-0.2, -0.15) is 8.42 Å². The highest BCUT2D eigenvalue weighted by molar-refractivity contribution is 7.90. The molecule has 3 aromatic carbocycles. The van der Waals surface area contributed by atoms with Crippen molar-refractivity contribution in [2.45, 2.75) is 50.7 Å². The standard InChI is InChI=1S/C27H29N3O4S/c1-18(2)34-23-16-10-20(11-17-23)9-8-19(3)28-27(31)21-12-14-22(15-13-21)29-26-24-6-4-5-7-25(24)35(32,33)30-26/h4-7,10-19H,8-9H2,1-3H3,(H,28,31)(H,29,30). The van der Waals surface area contributed by atoms with Crippen LogP contribution in [-0.2, 0) is 16.4 Å². The van der Waals surface area contributed by atoms with Crippen LogP contribution < -0.4 is 15.4 Å². The zero-order valence-corrected chi connectivity index (χ0v) is 20.8. The fourth-order valence-electron chi connectivity index (χ4n) is 3.81. The molecule has 0 saturated carbocycles. The molecule has 1 unspecified atom stereocenters. The van der Waals surface area contributed by atoms with Gasteiger partial charge < -0.3 is 15.4 Å². The lowest BCUT2D eigenvalue weighted by Crippen LogP contribution is -2.32. The monoisotopic (exact) mass is 491 g/mol. The number of benzene rings is 3. The number of nitrogens with zero attached hydrogens (tertiary/aromatic N) is 1. The van der Waals surface area contributed by atoms with Crippen molar-refractivity contribution in [1.82, 2.24) is 5.32 Å². The number of sulfonamides is 1. The molecule has 0 fully saturated rings. The summed E-state index contributed by atoms with van der Waals surface area (Å²) in [6.07, 6.45) is 1.80. The highest BCUT2D eigenvalue weighted by Crippen LogP contribution is 2.26. The van der Waals surface area contributed by atoms with Gasteiger partial charge in [-0.25, -0.2) is 0 Å². The number of aryl methyl sites for hydroxylation is 1. The van der Waals surface area contributed by atoms with Crippen molar-refractivity contribution >= 4 is 27.5 Å². The third kappa shape index (κ3) is 6.08. The Bertz CT molecular complexity index is 1330. The van der Waals surface area contributed by atoms with Crippen LogP contribution >= 0.6 is 0 Å². The molecule has 1 aliphatic heterocycles. The minimum absolute atomic E-state index is 0.00134. The van der Waals surface area contributed by atoms with Crippen LogP contribution in [0.5, 0.6) is 5.75 Å². The van der Waals surface area contributed by atoms with Crippen LogP contribution in [0, 0.1) is 0 Å². The maximum absolute atomic E-state index is 12.7. The third-order valence-electron chi connectivity index (χ3n) is 5.58. The number of nitrogens with one attached hydrogen (secondary N) is 2. The first-order chi connectivity index (χ1) is 16.7. The lowest BCUT2D eigenvalue weighted by Gasteiger charge is -2.15. The van der Waals surface area contributed by atoms with E-state index in [1.54, 1.807) is 42.5 Å². The molecule has 35 heavy (non-hydrogen) atoms. The predicted octanol–water partition coefficient (Wildman–Crippen LogP) is 4.79. The Kier molecular flexibility index (Phi) is 7.21. The lowest BCUT2D eigenvalue weighted by atomic mass is 10.1. The zero-order valence-electron chi connectivity index (χ0n) is 20.0. The quantitative estimate of drug-likeness (QED) is 0.472. The Balaban J connectivity index is 1.30. The summed E-state index contributed by atoms with van der Waals surface area (Å²) in [5, 5.41) is 6.08. The fourth-order valence-corrected chi connectivity index (χ4v) is 4.98. The molecule has 1 heterocycles. The fraction of sp³-hybridized carbons (Fsp3) is 0.259. The summed E-state index contributed by atoms with van der Waals surface area (Å²) < 4.78 is 33.9. The van der Waals surface area contributed by atoms with Gasteiger partial charge in [-0.15, -0.1) is 4.40 Å².